The number of unbranched alkanes of at least 4 members (excludes halogenated alkanes) is 4. The molecule has 0 radical (unpaired) electrons. The molecule has 2 heteroatoms. The summed E-state index contributed by atoms with van der Waals surface area (Å²) in [4.78, 5) is 12.4. The zero-order chi connectivity index (χ0) is 13.4. The minimum absolute atomic E-state index is 0.0805. The Morgan fingerprint density at radius 1 is 1.11 bits per heavy atom. The Morgan fingerprint density at radius 2 is 1.72 bits per heavy atom. The van der Waals surface area contributed by atoms with Gasteiger partial charge in [0.2, 0.25) is 0 Å². The largest absolute Gasteiger partial charge is 0.388 e. The molecule has 104 valence electrons. The van der Waals surface area contributed by atoms with Crippen LogP contribution in [0.2, 0.25) is 0 Å². The van der Waals surface area contributed by atoms with E-state index in [1.807, 2.05) is 0 Å². The van der Waals surface area contributed by atoms with Crippen LogP contribution < -0.4 is 5.32 Å². The monoisotopic (exact) mass is 251 g/mol. The zero-order valence-corrected chi connectivity index (χ0v) is 12.1. The molecule has 0 saturated carbocycles. The molecule has 2 unspecified atom stereocenters. The number of allylic oxidation sites excluding steroid dienone is 1. The van der Waals surface area contributed by atoms with E-state index in [2.05, 4.69) is 25.7 Å². The highest BCUT2D eigenvalue weighted by molar-refractivity contribution is 5.87. The molecule has 0 aliphatic carbocycles. The summed E-state index contributed by atoms with van der Waals surface area (Å²) in [5, 5.41) is 3.35. The van der Waals surface area contributed by atoms with Crippen LogP contribution in [-0.2, 0) is 4.79 Å². The highest BCUT2D eigenvalue weighted by Gasteiger charge is 2.32. The molecule has 0 aromatic rings. The van der Waals surface area contributed by atoms with Crippen LogP contribution in [0.5, 0.6) is 0 Å². The molecule has 18 heavy (non-hydrogen) atoms. The van der Waals surface area contributed by atoms with Gasteiger partial charge in [0.15, 0.2) is 0 Å². The Morgan fingerprint density at radius 3 is 2.33 bits per heavy atom. The van der Waals surface area contributed by atoms with Gasteiger partial charge >= 0.3 is 0 Å². The van der Waals surface area contributed by atoms with Gasteiger partial charge in [0.25, 0.3) is 0 Å². The average Bonchev–Trinajstić information content (AvgIpc) is 2.36. The van der Waals surface area contributed by atoms with Gasteiger partial charge in [-0.2, -0.15) is 0 Å². The molecule has 1 aliphatic rings. The number of piperidine rings is 1. The van der Waals surface area contributed by atoms with Crippen LogP contribution in [0.1, 0.15) is 65.2 Å². The lowest BCUT2D eigenvalue weighted by molar-refractivity contribution is -0.127. The van der Waals surface area contributed by atoms with E-state index in [0.29, 0.717) is 5.78 Å². The van der Waals surface area contributed by atoms with Crippen LogP contribution >= 0.6 is 0 Å². The Labute approximate surface area is 112 Å². The summed E-state index contributed by atoms with van der Waals surface area (Å²) in [5.74, 6) is 0.761. The summed E-state index contributed by atoms with van der Waals surface area (Å²) in [5.41, 5.74) is 0.961. The molecule has 0 bridgehead atoms. The molecular formula is C16H29NO. The van der Waals surface area contributed by atoms with E-state index in [9.17, 15) is 4.79 Å². The fourth-order valence-corrected chi connectivity index (χ4v) is 2.73. The number of carbonyl (C=O) groups excluding carboxylic acids is 1. The van der Waals surface area contributed by atoms with Crippen molar-refractivity contribution in [3.05, 3.63) is 12.3 Å². The molecule has 0 aromatic carbocycles. The van der Waals surface area contributed by atoms with Gasteiger partial charge in [-0.05, 0) is 12.8 Å². The molecule has 1 N–H and O–H groups in total. The van der Waals surface area contributed by atoms with E-state index < -0.39 is 0 Å². The van der Waals surface area contributed by atoms with Crippen molar-refractivity contribution >= 4 is 5.78 Å². The maximum Gasteiger partial charge on any atom is 0.146 e. The Kier molecular flexibility index (Phi) is 7.07. The van der Waals surface area contributed by atoms with E-state index in [-0.39, 0.29) is 11.8 Å². The van der Waals surface area contributed by atoms with Crippen LogP contribution in [0, 0.1) is 11.8 Å². The molecule has 2 nitrogen and oxygen atoms in total. The minimum atomic E-state index is 0.0805. The number of rotatable bonds is 8. The second-order valence-electron chi connectivity index (χ2n) is 5.55. The van der Waals surface area contributed by atoms with Gasteiger partial charge in [-0.25, -0.2) is 0 Å². The summed E-state index contributed by atoms with van der Waals surface area (Å²) in [6.07, 6.45) is 9.27. The molecule has 0 amide bonds. The molecule has 2 atom stereocenters. The lowest BCUT2D eigenvalue weighted by Gasteiger charge is -2.31. The average molecular weight is 251 g/mol. The summed E-state index contributed by atoms with van der Waals surface area (Å²) in [7, 11) is 0. The first kappa shape index (κ1) is 15.3. The summed E-state index contributed by atoms with van der Waals surface area (Å²) >= 11 is 0. The minimum Gasteiger partial charge on any atom is -0.388 e. The Bertz CT molecular complexity index is 272. The van der Waals surface area contributed by atoms with Crippen LogP contribution in [0.15, 0.2) is 12.3 Å². The third kappa shape index (κ3) is 4.47. The number of nitrogens with one attached hydrogen (secondary N) is 1. The second kappa shape index (κ2) is 8.34. The molecule has 1 saturated heterocycles. The van der Waals surface area contributed by atoms with Crippen molar-refractivity contribution in [2.24, 2.45) is 11.8 Å². The van der Waals surface area contributed by atoms with Gasteiger partial charge in [0.1, 0.15) is 5.78 Å². The molecule has 1 fully saturated rings. The summed E-state index contributed by atoms with van der Waals surface area (Å²) in [6, 6.07) is 0. The third-order valence-corrected chi connectivity index (χ3v) is 3.99. The molecule has 0 spiro atoms. The lowest BCUT2D eigenvalue weighted by Crippen LogP contribution is -2.42. The Hall–Kier alpha value is -0.790. The van der Waals surface area contributed by atoms with Gasteiger partial charge in [0, 0.05) is 18.2 Å². The van der Waals surface area contributed by atoms with Crippen LogP contribution in [0.25, 0.3) is 0 Å². The quantitative estimate of drug-likeness (QED) is 0.659. The zero-order valence-electron chi connectivity index (χ0n) is 12.1. The summed E-state index contributed by atoms with van der Waals surface area (Å²) in [6.45, 7) is 9.24. The highest BCUT2D eigenvalue weighted by atomic mass is 16.1. The van der Waals surface area contributed by atoms with Crippen LogP contribution in [-0.4, -0.2) is 12.3 Å². The maximum absolute atomic E-state index is 12.4. The van der Waals surface area contributed by atoms with Crippen molar-refractivity contribution in [1.29, 1.82) is 0 Å². The lowest BCUT2D eigenvalue weighted by atomic mass is 9.81. The molecule has 1 heterocycles. The second-order valence-corrected chi connectivity index (χ2v) is 5.55. The fraction of sp³-hybridized carbons (Fsp3) is 0.812. The van der Waals surface area contributed by atoms with Crippen molar-refractivity contribution in [3.63, 3.8) is 0 Å². The van der Waals surface area contributed by atoms with Crippen LogP contribution in [0.3, 0.4) is 0 Å². The number of Topliss-reactive ketones (excluding diaryl/α,β-unsaturated/α-hetero) is 1. The normalized spacial score (nSPS) is 24.1. The van der Waals surface area contributed by atoms with Gasteiger partial charge in [0.05, 0.1) is 5.92 Å². The van der Waals surface area contributed by atoms with Crippen molar-refractivity contribution in [1.82, 2.24) is 5.32 Å². The highest BCUT2D eigenvalue weighted by Crippen LogP contribution is 2.27. The predicted molar refractivity (Wildman–Crippen MR) is 77.4 cm³/mol. The van der Waals surface area contributed by atoms with E-state index in [1.54, 1.807) is 0 Å². The van der Waals surface area contributed by atoms with Crippen molar-refractivity contribution in [3.8, 4) is 0 Å². The van der Waals surface area contributed by atoms with E-state index in [0.717, 1.165) is 31.5 Å². The number of hydrogen-bond donors (Lipinski definition) is 1. The molecule has 0 aromatic heterocycles. The molecule has 1 aliphatic heterocycles. The van der Waals surface area contributed by atoms with E-state index in [1.165, 1.54) is 32.1 Å². The topological polar surface area (TPSA) is 29.1 Å². The standard InChI is InChI=1S/C16H29NO/c1-4-6-8-10-14-12-17-13(3)15(16(14)18)11-9-7-5-2/h14-15,17H,3-12H2,1-2H3. The fourth-order valence-electron chi connectivity index (χ4n) is 2.73. The number of carbonyl (C=O) groups is 1. The van der Waals surface area contributed by atoms with E-state index >= 15 is 0 Å². The first-order valence-corrected chi connectivity index (χ1v) is 7.67. The Balaban J connectivity index is 2.43. The van der Waals surface area contributed by atoms with Crippen molar-refractivity contribution in [2.75, 3.05) is 6.54 Å². The number of hydrogen-bond acceptors (Lipinski definition) is 2. The van der Waals surface area contributed by atoms with Crippen molar-refractivity contribution < 1.29 is 4.79 Å². The first-order valence-electron chi connectivity index (χ1n) is 7.67. The predicted octanol–water partition coefficient (Wildman–Crippen LogP) is 4.07. The van der Waals surface area contributed by atoms with Gasteiger partial charge in [-0.3, -0.25) is 4.79 Å². The maximum atomic E-state index is 12.4. The number of ketones is 1. The van der Waals surface area contributed by atoms with Crippen molar-refractivity contribution in [2.45, 2.75) is 65.2 Å². The van der Waals surface area contributed by atoms with Gasteiger partial charge in [-0.15, -0.1) is 0 Å². The molecule has 1 rings (SSSR count). The third-order valence-electron chi connectivity index (χ3n) is 3.99. The first-order chi connectivity index (χ1) is 8.70. The molecular weight excluding hydrogens is 222 g/mol. The van der Waals surface area contributed by atoms with Gasteiger partial charge in [-0.1, -0.05) is 59.0 Å². The van der Waals surface area contributed by atoms with Gasteiger partial charge < -0.3 is 5.32 Å². The van der Waals surface area contributed by atoms with Crippen LogP contribution in [0.4, 0.5) is 0 Å². The smallest absolute Gasteiger partial charge is 0.146 e. The summed E-state index contributed by atoms with van der Waals surface area (Å²) < 4.78 is 0. The van der Waals surface area contributed by atoms with E-state index in [4.69, 9.17) is 0 Å². The SMILES string of the molecule is C=C1NCC(CCCCC)C(=O)C1CCCCC.